The predicted molar refractivity (Wildman–Crippen MR) is 93.4 cm³/mol. The van der Waals surface area contributed by atoms with Crippen molar-refractivity contribution in [1.82, 2.24) is 4.90 Å². The van der Waals surface area contributed by atoms with Gasteiger partial charge in [0.1, 0.15) is 0 Å². The highest BCUT2D eigenvalue weighted by atomic mass is 35.5. The molecule has 1 nitrogen and oxygen atoms in total. The van der Waals surface area contributed by atoms with E-state index in [1.54, 1.807) is 0 Å². The second-order valence-electron chi connectivity index (χ2n) is 6.24. The Morgan fingerprint density at radius 2 is 1.73 bits per heavy atom. The van der Waals surface area contributed by atoms with Gasteiger partial charge in [0, 0.05) is 37.0 Å². The van der Waals surface area contributed by atoms with Crippen molar-refractivity contribution in [3.05, 3.63) is 75.8 Å². The van der Waals surface area contributed by atoms with E-state index < -0.39 is 0 Å². The fourth-order valence-electron chi connectivity index (χ4n) is 3.91. The van der Waals surface area contributed by atoms with Gasteiger partial charge in [-0.05, 0) is 22.8 Å². The van der Waals surface area contributed by atoms with Crippen LogP contribution in [0.25, 0.3) is 5.57 Å². The summed E-state index contributed by atoms with van der Waals surface area (Å²) in [6.07, 6.45) is 0. The molecule has 1 fully saturated rings. The first kappa shape index (κ1) is 14.3. The Labute approximate surface area is 141 Å². The fraction of sp³-hybridized carbons (Fsp3) is 0.263. The van der Waals surface area contributed by atoms with Gasteiger partial charge in [-0.15, -0.1) is 0 Å². The molecular formula is C19H17Cl2N. The average Bonchev–Trinajstić information content (AvgIpc) is 3.03. The summed E-state index contributed by atoms with van der Waals surface area (Å²) in [5.41, 5.74) is 4.94. The van der Waals surface area contributed by atoms with Crippen LogP contribution >= 0.6 is 23.2 Å². The van der Waals surface area contributed by atoms with E-state index in [4.69, 9.17) is 23.2 Å². The van der Waals surface area contributed by atoms with E-state index in [1.807, 2.05) is 6.07 Å². The highest BCUT2D eigenvalue weighted by Gasteiger charge is 2.43. The van der Waals surface area contributed by atoms with Crippen molar-refractivity contribution in [3.63, 3.8) is 0 Å². The van der Waals surface area contributed by atoms with Crippen LogP contribution in [0, 0.1) is 5.92 Å². The maximum atomic E-state index is 6.40. The minimum absolute atomic E-state index is 0.467. The van der Waals surface area contributed by atoms with E-state index in [0.717, 1.165) is 30.8 Å². The molecule has 0 spiro atoms. The number of hydrogen-bond acceptors (Lipinski definition) is 1. The molecule has 0 radical (unpaired) electrons. The Bertz CT molecular complexity index is 739. The zero-order valence-electron chi connectivity index (χ0n) is 12.2. The van der Waals surface area contributed by atoms with Crippen molar-refractivity contribution < 1.29 is 0 Å². The molecular weight excluding hydrogens is 313 g/mol. The molecule has 1 heterocycles. The lowest BCUT2D eigenvalue weighted by molar-refractivity contribution is 0.322. The average molecular weight is 330 g/mol. The third kappa shape index (κ3) is 2.20. The predicted octanol–water partition coefficient (Wildman–Crippen LogP) is 5.24. The molecule has 22 heavy (non-hydrogen) atoms. The summed E-state index contributed by atoms with van der Waals surface area (Å²) in [6.45, 7) is 7.41. The van der Waals surface area contributed by atoms with Crippen molar-refractivity contribution in [3.8, 4) is 0 Å². The molecule has 2 aromatic carbocycles. The molecule has 4 rings (SSSR count). The lowest BCUT2D eigenvalue weighted by Crippen LogP contribution is -2.21. The molecule has 0 aromatic heterocycles. The van der Waals surface area contributed by atoms with Crippen LogP contribution in [0.2, 0.25) is 10.0 Å². The van der Waals surface area contributed by atoms with Crippen LogP contribution in [0.1, 0.15) is 22.6 Å². The van der Waals surface area contributed by atoms with Crippen molar-refractivity contribution in [2.45, 2.75) is 12.5 Å². The second-order valence-corrected chi connectivity index (χ2v) is 7.03. The van der Waals surface area contributed by atoms with Gasteiger partial charge in [-0.25, -0.2) is 0 Å². The van der Waals surface area contributed by atoms with Gasteiger partial charge in [0.05, 0.1) is 10.0 Å². The third-order valence-electron chi connectivity index (χ3n) is 4.94. The fourth-order valence-corrected chi connectivity index (χ4v) is 4.36. The number of benzene rings is 2. The van der Waals surface area contributed by atoms with E-state index in [-0.39, 0.29) is 0 Å². The van der Waals surface area contributed by atoms with Crippen molar-refractivity contribution >= 4 is 28.8 Å². The van der Waals surface area contributed by atoms with E-state index in [2.05, 4.69) is 47.9 Å². The second kappa shape index (κ2) is 5.42. The van der Waals surface area contributed by atoms with Gasteiger partial charge in [0.2, 0.25) is 0 Å². The molecule has 0 saturated carbocycles. The molecule has 0 bridgehead atoms. The summed E-state index contributed by atoms with van der Waals surface area (Å²) in [7, 11) is 0. The Kier molecular flexibility index (Phi) is 3.53. The smallest absolute Gasteiger partial charge is 0.0670 e. The Morgan fingerprint density at radius 3 is 2.50 bits per heavy atom. The van der Waals surface area contributed by atoms with Crippen LogP contribution in [0.15, 0.2) is 49.0 Å². The quantitative estimate of drug-likeness (QED) is 0.728. The molecule has 2 unspecified atom stereocenters. The number of halogens is 2. The summed E-state index contributed by atoms with van der Waals surface area (Å²) < 4.78 is 0. The zero-order chi connectivity index (χ0) is 15.3. The summed E-state index contributed by atoms with van der Waals surface area (Å²) >= 11 is 12.6. The number of likely N-dealkylation sites (tertiary alicyclic amines) is 1. The minimum atomic E-state index is 0.467. The van der Waals surface area contributed by atoms with Gasteiger partial charge in [-0.3, -0.25) is 4.90 Å². The monoisotopic (exact) mass is 329 g/mol. The molecule has 0 amide bonds. The number of rotatable bonds is 2. The normalized spacial score (nSPS) is 23.6. The minimum Gasteiger partial charge on any atom is -0.298 e. The molecule has 2 atom stereocenters. The van der Waals surface area contributed by atoms with Gasteiger partial charge in [0.25, 0.3) is 0 Å². The molecule has 1 aliphatic carbocycles. The first-order valence-corrected chi connectivity index (χ1v) is 8.34. The molecule has 1 aliphatic heterocycles. The standard InChI is InChI=1S/C19H17Cl2N/c1-12-15-10-22(9-13-5-3-2-4-6-13)11-16(15)14-7-8-17(20)19(21)18(12)14/h2-8,15-16H,1,9-11H2. The van der Waals surface area contributed by atoms with E-state index >= 15 is 0 Å². The van der Waals surface area contributed by atoms with Gasteiger partial charge < -0.3 is 0 Å². The van der Waals surface area contributed by atoms with Crippen LogP contribution in [0.5, 0.6) is 0 Å². The highest BCUT2D eigenvalue weighted by Crippen LogP contribution is 2.52. The van der Waals surface area contributed by atoms with Gasteiger partial charge in [-0.2, -0.15) is 0 Å². The van der Waals surface area contributed by atoms with Crippen molar-refractivity contribution in [2.75, 3.05) is 13.1 Å². The van der Waals surface area contributed by atoms with Crippen LogP contribution in [0.4, 0.5) is 0 Å². The molecule has 2 aliphatic rings. The van der Waals surface area contributed by atoms with Crippen LogP contribution in [-0.4, -0.2) is 18.0 Å². The van der Waals surface area contributed by atoms with Crippen LogP contribution in [-0.2, 0) is 6.54 Å². The molecule has 112 valence electrons. The number of nitrogens with zero attached hydrogens (tertiary/aromatic N) is 1. The first-order chi connectivity index (χ1) is 10.6. The Morgan fingerprint density at radius 1 is 1.00 bits per heavy atom. The number of fused-ring (bicyclic) bond motifs is 3. The van der Waals surface area contributed by atoms with Gasteiger partial charge in [-0.1, -0.05) is 66.2 Å². The summed E-state index contributed by atoms with van der Waals surface area (Å²) in [5.74, 6) is 0.968. The topological polar surface area (TPSA) is 3.24 Å². The molecule has 3 heteroatoms. The molecule has 1 saturated heterocycles. The lowest BCUT2D eigenvalue weighted by atomic mass is 9.95. The molecule has 2 aromatic rings. The van der Waals surface area contributed by atoms with Crippen molar-refractivity contribution in [1.29, 1.82) is 0 Å². The lowest BCUT2D eigenvalue weighted by Gasteiger charge is -2.18. The largest absolute Gasteiger partial charge is 0.298 e. The highest BCUT2D eigenvalue weighted by molar-refractivity contribution is 6.43. The van der Waals surface area contributed by atoms with Crippen molar-refractivity contribution in [2.24, 2.45) is 5.92 Å². The zero-order valence-corrected chi connectivity index (χ0v) is 13.7. The van der Waals surface area contributed by atoms with E-state index in [9.17, 15) is 0 Å². The maximum absolute atomic E-state index is 6.40. The summed E-state index contributed by atoms with van der Waals surface area (Å²) in [6, 6.07) is 14.7. The van der Waals surface area contributed by atoms with Gasteiger partial charge >= 0.3 is 0 Å². The Balaban J connectivity index is 1.61. The third-order valence-corrected chi connectivity index (χ3v) is 5.74. The van der Waals surface area contributed by atoms with Crippen LogP contribution < -0.4 is 0 Å². The van der Waals surface area contributed by atoms with E-state index in [1.165, 1.54) is 11.1 Å². The SMILES string of the molecule is C=C1c2c(ccc(Cl)c2Cl)C2CN(Cc3ccccc3)CC12. The summed E-state index contributed by atoms with van der Waals surface area (Å²) in [5, 5.41) is 1.30. The Hall–Kier alpha value is -1.28. The maximum Gasteiger partial charge on any atom is 0.0670 e. The molecule has 0 N–H and O–H groups in total. The summed E-state index contributed by atoms with van der Waals surface area (Å²) in [4.78, 5) is 2.52. The van der Waals surface area contributed by atoms with Crippen LogP contribution in [0.3, 0.4) is 0 Å². The first-order valence-electron chi connectivity index (χ1n) is 7.58. The van der Waals surface area contributed by atoms with Gasteiger partial charge in [0.15, 0.2) is 0 Å². The number of hydrogen-bond donors (Lipinski definition) is 0. The van der Waals surface area contributed by atoms with E-state index in [0.29, 0.717) is 21.9 Å².